The lowest BCUT2D eigenvalue weighted by molar-refractivity contribution is 0.199. The first-order valence-electron chi connectivity index (χ1n) is 5.92. The zero-order chi connectivity index (χ0) is 14.0. The minimum Gasteiger partial charge on any atom is -0.399 e. The molecule has 1 aromatic rings. The first-order chi connectivity index (χ1) is 8.90. The Kier molecular flexibility index (Phi) is 4.02. The Morgan fingerprint density at radius 2 is 1.79 bits per heavy atom. The Hall–Kier alpha value is -1.25. The van der Waals surface area contributed by atoms with Gasteiger partial charge in [-0.1, -0.05) is 6.42 Å². The van der Waals surface area contributed by atoms with Gasteiger partial charge in [0.15, 0.2) is 11.6 Å². The summed E-state index contributed by atoms with van der Waals surface area (Å²) in [5.41, 5.74) is 5.20. The molecule has 0 bridgehead atoms. The highest BCUT2D eigenvalue weighted by atomic mass is 32.2. The minimum atomic E-state index is -4.15. The van der Waals surface area contributed by atoms with Gasteiger partial charge in [-0.05, 0) is 25.0 Å². The fourth-order valence-electron chi connectivity index (χ4n) is 1.98. The summed E-state index contributed by atoms with van der Waals surface area (Å²) in [4.78, 5) is 1.48. The molecule has 1 saturated heterocycles. The number of nitrogen functional groups attached to an aromatic ring is 1. The number of anilines is 1. The maximum atomic E-state index is 13.6. The second-order valence-electron chi connectivity index (χ2n) is 4.46. The Morgan fingerprint density at radius 1 is 1.16 bits per heavy atom. The number of sulfonamides is 1. The van der Waals surface area contributed by atoms with Crippen LogP contribution in [-0.4, -0.2) is 26.5 Å². The molecule has 1 fully saturated rings. The second-order valence-corrected chi connectivity index (χ2v) is 6.09. The molecule has 0 spiro atoms. The van der Waals surface area contributed by atoms with Crippen LogP contribution in [0.15, 0.2) is 17.0 Å². The molecule has 0 aromatic heterocycles. The van der Waals surface area contributed by atoms with Crippen LogP contribution in [-0.2, 0) is 10.0 Å². The van der Waals surface area contributed by atoms with Gasteiger partial charge < -0.3 is 5.73 Å². The molecular formula is C11H15F2N3O2S. The third kappa shape index (κ3) is 3.20. The normalized spacial score (nSPS) is 17.6. The van der Waals surface area contributed by atoms with E-state index >= 15 is 0 Å². The molecule has 0 amide bonds. The summed E-state index contributed by atoms with van der Waals surface area (Å²) in [6.45, 7) is 1.09. The van der Waals surface area contributed by atoms with Crippen molar-refractivity contribution in [1.82, 2.24) is 9.84 Å². The van der Waals surface area contributed by atoms with Crippen molar-refractivity contribution in [2.24, 2.45) is 0 Å². The van der Waals surface area contributed by atoms with Crippen molar-refractivity contribution < 1.29 is 17.2 Å². The van der Waals surface area contributed by atoms with Crippen molar-refractivity contribution in [2.45, 2.75) is 24.2 Å². The van der Waals surface area contributed by atoms with E-state index in [4.69, 9.17) is 5.73 Å². The molecule has 8 heteroatoms. The van der Waals surface area contributed by atoms with E-state index in [0.717, 1.165) is 31.4 Å². The molecule has 1 aromatic carbocycles. The Bertz CT molecular complexity index is 572. The van der Waals surface area contributed by atoms with Gasteiger partial charge in [-0.15, -0.1) is 4.83 Å². The number of nitrogens with one attached hydrogen (secondary N) is 1. The maximum absolute atomic E-state index is 13.6. The smallest absolute Gasteiger partial charge is 0.256 e. The average Bonchev–Trinajstić information content (AvgIpc) is 2.34. The molecule has 106 valence electrons. The predicted molar refractivity (Wildman–Crippen MR) is 66.5 cm³/mol. The van der Waals surface area contributed by atoms with Crippen LogP contribution in [0.5, 0.6) is 0 Å². The number of hydrazine groups is 1. The highest BCUT2D eigenvalue weighted by molar-refractivity contribution is 7.89. The molecule has 1 aliphatic heterocycles. The van der Waals surface area contributed by atoms with Crippen LogP contribution in [0.1, 0.15) is 19.3 Å². The summed E-state index contributed by atoms with van der Waals surface area (Å²) in [7, 11) is -4.15. The van der Waals surface area contributed by atoms with E-state index in [2.05, 4.69) is 4.83 Å². The first-order valence-corrected chi connectivity index (χ1v) is 7.40. The van der Waals surface area contributed by atoms with Crippen LogP contribution in [0.2, 0.25) is 0 Å². The molecule has 0 saturated carbocycles. The fraction of sp³-hybridized carbons (Fsp3) is 0.455. The number of nitrogens with two attached hydrogens (primary N) is 1. The molecule has 2 rings (SSSR count). The third-order valence-electron chi connectivity index (χ3n) is 2.91. The Labute approximate surface area is 110 Å². The second kappa shape index (κ2) is 5.40. The SMILES string of the molecule is Nc1cc(F)c(F)c(S(=O)(=O)NN2CCCCC2)c1. The standard InChI is InChI=1S/C11H15F2N3O2S/c12-9-6-8(14)7-10(11(9)13)19(17,18)15-16-4-2-1-3-5-16/h6-7,15H,1-5,14H2. The van der Waals surface area contributed by atoms with E-state index in [0.29, 0.717) is 13.1 Å². The van der Waals surface area contributed by atoms with Crippen LogP contribution >= 0.6 is 0 Å². The maximum Gasteiger partial charge on any atom is 0.256 e. The van der Waals surface area contributed by atoms with Crippen LogP contribution in [0.25, 0.3) is 0 Å². The number of halogens is 2. The molecule has 0 unspecified atom stereocenters. The molecule has 1 heterocycles. The van der Waals surface area contributed by atoms with Gasteiger partial charge in [0, 0.05) is 18.8 Å². The molecular weight excluding hydrogens is 276 g/mol. The van der Waals surface area contributed by atoms with Gasteiger partial charge >= 0.3 is 0 Å². The monoisotopic (exact) mass is 291 g/mol. The quantitative estimate of drug-likeness (QED) is 0.821. The zero-order valence-corrected chi connectivity index (χ0v) is 11.0. The van der Waals surface area contributed by atoms with Crippen LogP contribution in [0, 0.1) is 11.6 Å². The van der Waals surface area contributed by atoms with Gasteiger partial charge in [-0.3, -0.25) is 0 Å². The molecule has 5 nitrogen and oxygen atoms in total. The lowest BCUT2D eigenvalue weighted by Gasteiger charge is -2.26. The van der Waals surface area contributed by atoms with Gasteiger partial charge in [-0.25, -0.2) is 22.2 Å². The summed E-state index contributed by atoms with van der Waals surface area (Å²) in [6, 6.07) is 1.65. The average molecular weight is 291 g/mol. The summed E-state index contributed by atoms with van der Waals surface area (Å²) in [6.07, 6.45) is 2.74. The number of hydrogen-bond donors (Lipinski definition) is 2. The lowest BCUT2D eigenvalue weighted by atomic mass is 10.2. The molecule has 19 heavy (non-hydrogen) atoms. The summed E-state index contributed by atoms with van der Waals surface area (Å²) < 4.78 is 50.8. The summed E-state index contributed by atoms with van der Waals surface area (Å²) in [5, 5.41) is 1.49. The zero-order valence-electron chi connectivity index (χ0n) is 10.2. The van der Waals surface area contributed by atoms with Crippen molar-refractivity contribution in [3.8, 4) is 0 Å². The molecule has 1 aliphatic rings. The first kappa shape index (κ1) is 14.2. The Morgan fingerprint density at radius 3 is 2.42 bits per heavy atom. The molecule has 0 radical (unpaired) electrons. The molecule has 0 atom stereocenters. The number of piperidine rings is 1. The number of hydrogen-bond acceptors (Lipinski definition) is 4. The van der Waals surface area contributed by atoms with Crippen molar-refractivity contribution >= 4 is 15.7 Å². The number of rotatable bonds is 3. The van der Waals surface area contributed by atoms with Crippen LogP contribution in [0.3, 0.4) is 0 Å². The lowest BCUT2D eigenvalue weighted by Crippen LogP contribution is -2.45. The predicted octanol–water partition coefficient (Wildman–Crippen LogP) is 1.23. The van der Waals surface area contributed by atoms with E-state index in [-0.39, 0.29) is 5.69 Å². The van der Waals surface area contributed by atoms with Gasteiger partial charge in [0.2, 0.25) is 0 Å². The minimum absolute atomic E-state index is 0.141. The summed E-state index contributed by atoms with van der Waals surface area (Å²) in [5.74, 6) is -2.70. The van der Waals surface area contributed by atoms with E-state index in [1.165, 1.54) is 5.01 Å². The largest absolute Gasteiger partial charge is 0.399 e. The number of nitrogens with zero attached hydrogens (tertiary/aromatic N) is 1. The highest BCUT2D eigenvalue weighted by Crippen LogP contribution is 2.21. The third-order valence-corrected chi connectivity index (χ3v) is 4.29. The van der Waals surface area contributed by atoms with E-state index in [9.17, 15) is 17.2 Å². The van der Waals surface area contributed by atoms with E-state index < -0.39 is 26.6 Å². The van der Waals surface area contributed by atoms with Crippen LogP contribution in [0.4, 0.5) is 14.5 Å². The van der Waals surface area contributed by atoms with Crippen molar-refractivity contribution in [3.05, 3.63) is 23.8 Å². The van der Waals surface area contributed by atoms with E-state index in [1.807, 2.05) is 0 Å². The van der Waals surface area contributed by atoms with E-state index in [1.54, 1.807) is 0 Å². The van der Waals surface area contributed by atoms with Crippen molar-refractivity contribution in [1.29, 1.82) is 0 Å². The summed E-state index contributed by atoms with van der Waals surface area (Å²) >= 11 is 0. The van der Waals surface area contributed by atoms with Gasteiger partial charge in [0.1, 0.15) is 4.90 Å². The fourth-order valence-corrected chi connectivity index (χ4v) is 3.23. The van der Waals surface area contributed by atoms with Crippen molar-refractivity contribution in [2.75, 3.05) is 18.8 Å². The van der Waals surface area contributed by atoms with Crippen molar-refractivity contribution in [3.63, 3.8) is 0 Å². The van der Waals surface area contributed by atoms with Crippen LogP contribution < -0.4 is 10.6 Å². The molecule has 3 N–H and O–H groups in total. The topological polar surface area (TPSA) is 75.4 Å². The Balaban J connectivity index is 2.28. The van der Waals surface area contributed by atoms with Gasteiger partial charge in [0.25, 0.3) is 10.0 Å². The molecule has 0 aliphatic carbocycles. The number of benzene rings is 1. The van der Waals surface area contributed by atoms with Gasteiger partial charge in [-0.2, -0.15) is 0 Å². The highest BCUT2D eigenvalue weighted by Gasteiger charge is 2.25. The van der Waals surface area contributed by atoms with Gasteiger partial charge in [0.05, 0.1) is 0 Å².